The lowest BCUT2D eigenvalue weighted by Crippen LogP contribution is -2.42. The number of H-pyrrole nitrogens is 1. The summed E-state index contributed by atoms with van der Waals surface area (Å²) in [6, 6.07) is 8.16. The Balaban J connectivity index is 1.57. The number of likely N-dealkylation sites (tertiary alicyclic amines) is 1. The van der Waals surface area contributed by atoms with Crippen molar-refractivity contribution in [1.82, 2.24) is 25.1 Å². The molecule has 1 N–H and O–H groups in total. The fourth-order valence-corrected chi connectivity index (χ4v) is 3.75. The summed E-state index contributed by atoms with van der Waals surface area (Å²) in [6.45, 7) is 6.76. The summed E-state index contributed by atoms with van der Waals surface area (Å²) in [5.41, 5.74) is 2.33. The molecule has 0 aliphatic carbocycles. The Morgan fingerprint density at radius 1 is 1.29 bits per heavy atom. The van der Waals surface area contributed by atoms with E-state index in [1.807, 2.05) is 32.9 Å². The topological polar surface area (TPSA) is 84.0 Å². The minimum atomic E-state index is -0.533. The highest BCUT2D eigenvalue weighted by Crippen LogP contribution is 2.31. The number of nitrogens with zero attached hydrogens (tertiary/aromatic N) is 4. The molecule has 0 saturated carbocycles. The molecule has 1 saturated heterocycles. The molecule has 0 radical (unpaired) electrons. The van der Waals surface area contributed by atoms with Crippen LogP contribution >= 0.6 is 0 Å². The number of amides is 1. The summed E-state index contributed by atoms with van der Waals surface area (Å²) < 4.78 is 19.2. The van der Waals surface area contributed by atoms with Crippen molar-refractivity contribution < 1.29 is 13.9 Å². The highest BCUT2D eigenvalue weighted by Gasteiger charge is 2.30. The normalized spacial score (nSPS) is 16.9. The molecule has 0 unspecified atom stereocenters. The van der Waals surface area contributed by atoms with Crippen molar-refractivity contribution >= 4 is 6.09 Å². The van der Waals surface area contributed by atoms with E-state index in [2.05, 4.69) is 15.2 Å². The molecule has 1 aromatic carbocycles. The second-order valence-electron chi connectivity index (χ2n) is 8.73. The molecule has 1 amide bonds. The van der Waals surface area contributed by atoms with Gasteiger partial charge in [0.1, 0.15) is 17.2 Å². The van der Waals surface area contributed by atoms with Gasteiger partial charge in [-0.2, -0.15) is 5.10 Å². The van der Waals surface area contributed by atoms with E-state index in [4.69, 9.17) is 9.72 Å². The van der Waals surface area contributed by atoms with E-state index in [0.29, 0.717) is 35.9 Å². The maximum atomic E-state index is 13.7. The minimum Gasteiger partial charge on any atom is -0.444 e. The van der Waals surface area contributed by atoms with Crippen molar-refractivity contribution in [1.29, 1.82) is 0 Å². The fraction of sp³-hybridized carbons (Fsp3) is 0.391. The summed E-state index contributed by atoms with van der Waals surface area (Å²) in [4.78, 5) is 23.5. The number of carbonyl (C=O) groups excluding carboxylic acids is 1. The third kappa shape index (κ3) is 4.90. The van der Waals surface area contributed by atoms with Crippen LogP contribution in [0, 0.1) is 5.82 Å². The smallest absolute Gasteiger partial charge is 0.410 e. The van der Waals surface area contributed by atoms with Crippen LogP contribution in [0.3, 0.4) is 0 Å². The molecule has 31 heavy (non-hydrogen) atoms. The average Bonchev–Trinajstić information content (AvgIpc) is 3.23. The molecule has 8 heteroatoms. The van der Waals surface area contributed by atoms with E-state index in [1.165, 1.54) is 12.1 Å². The predicted octanol–water partition coefficient (Wildman–Crippen LogP) is 4.79. The number of hydrogen-bond donors (Lipinski definition) is 1. The zero-order valence-corrected chi connectivity index (χ0v) is 17.9. The Morgan fingerprint density at radius 2 is 2.13 bits per heavy atom. The Hall–Kier alpha value is -3.29. The van der Waals surface area contributed by atoms with Gasteiger partial charge in [0.2, 0.25) is 0 Å². The van der Waals surface area contributed by atoms with Crippen LogP contribution in [0.1, 0.15) is 45.4 Å². The summed E-state index contributed by atoms with van der Waals surface area (Å²) in [7, 11) is 0. The summed E-state index contributed by atoms with van der Waals surface area (Å²) in [6.07, 6.45) is 4.84. The number of ether oxygens (including phenoxy) is 1. The summed E-state index contributed by atoms with van der Waals surface area (Å²) >= 11 is 0. The first-order valence-corrected chi connectivity index (χ1v) is 10.4. The van der Waals surface area contributed by atoms with E-state index in [1.54, 1.807) is 23.4 Å². The Labute approximate surface area is 180 Å². The van der Waals surface area contributed by atoms with Gasteiger partial charge < -0.3 is 9.64 Å². The van der Waals surface area contributed by atoms with Gasteiger partial charge in [0.25, 0.3) is 0 Å². The number of aromatic amines is 1. The molecule has 3 heterocycles. The third-order valence-electron chi connectivity index (χ3n) is 5.14. The Morgan fingerprint density at radius 3 is 2.90 bits per heavy atom. The lowest BCUT2D eigenvalue weighted by molar-refractivity contribution is 0.0196. The van der Waals surface area contributed by atoms with Crippen molar-refractivity contribution in [2.45, 2.75) is 45.1 Å². The largest absolute Gasteiger partial charge is 0.444 e. The van der Waals surface area contributed by atoms with Gasteiger partial charge in [0.15, 0.2) is 0 Å². The summed E-state index contributed by atoms with van der Waals surface area (Å²) in [5, 5.41) is 7.08. The molecule has 1 fully saturated rings. The van der Waals surface area contributed by atoms with Crippen molar-refractivity contribution in [2.24, 2.45) is 0 Å². The number of halogens is 1. The van der Waals surface area contributed by atoms with Gasteiger partial charge >= 0.3 is 6.09 Å². The number of nitrogens with one attached hydrogen (secondary N) is 1. The van der Waals surface area contributed by atoms with Crippen LogP contribution in [0.25, 0.3) is 22.5 Å². The average molecular weight is 423 g/mol. The van der Waals surface area contributed by atoms with Crippen molar-refractivity contribution in [2.75, 3.05) is 13.1 Å². The third-order valence-corrected chi connectivity index (χ3v) is 5.14. The molecule has 0 bridgehead atoms. The van der Waals surface area contributed by atoms with E-state index in [9.17, 15) is 9.18 Å². The van der Waals surface area contributed by atoms with E-state index >= 15 is 0 Å². The lowest BCUT2D eigenvalue weighted by atomic mass is 9.97. The van der Waals surface area contributed by atoms with E-state index in [0.717, 1.165) is 18.4 Å². The highest BCUT2D eigenvalue weighted by molar-refractivity contribution is 5.78. The molecule has 4 rings (SSSR count). The van der Waals surface area contributed by atoms with Crippen molar-refractivity contribution in [3.05, 3.63) is 54.4 Å². The van der Waals surface area contributed by atoms with Gasteiger partial charge in [-0.15, -0.1) is 0 Å². The predicted molar refractivity (Wildman–Crippen MR) is 115 cm³/mol. The second kappa shape index (κ2) is 8.45. The number of aromatic nitrogens is 4. The van der Waals surface area contributed by atoms with Crippen LogP contribution in [0.2, 0.25) is 0 Å². The summed E-state index contributed by atoms with van der Waals surface area (Å²) in [5.74, 6) is 0.383. The molecule has 7 nitrogen and oxygen atoms in total. The first-order valence-electron chi connectivity index (χ1n) is 10.4. The van der Waals surface area contributed by atoms with Gasteiger partial charge in [-0.3, -0.25) is 5.10 Å². The molecule has 2 aromatic heterocycles. The Kier molecular flexibility index (Phi) is 5.71. The van der Waals surface area contributed by atoms with Crippen LogP contribution < -0.4 is 0 Å². The van der Waals surface area contributed by atoms with Gasteiger partial charge in [-0.1, -0.05) is 12.1 Å². The number of hydrogen-bond acceptors (Lipinski definition) is 5. The van der Waals surface area contributed by atoms with Gasteiger partial charge in [-0.25, -0.2) is 19.2 Å². The molecule has 1 atom stereocenters. The maximum absolute atomic E-state index is 13.7. The van der Waals surface area contributed by atoms with Crippen molar-refractivity contribution in [3.63, 3.8) is 0 Å². The van der Waals surface area contributed by atoms with Crippen LogP contribution in [-0.4, -0.2) is 49.8 Å². The number of benzene rings is 1. The minimum absolute atomic E-state index is 0.0192. The molecule has 162 valence electrons. The van der Waals surface area contributed by atoms with Crippen LogP contribution in [0.4, 0.5) is 9.18 Å². The molecule has 1 aliphatic heterocycles. The highest BCUT2D eigenvalue weighted by atomic mass is 19.1. The molecular formula is C23H26FN5O2. The standard InChI is InChI=1S/C23H26FN5O2/c1-23(2,3)31-22(30)29-11-5-7-16(14-29)21-25-10-9-19(27-21)18-13-26-28-20(18)15-6-4-8-17(24)12-15/h4,6,8-10,12-13,16H,5,7,11,14H2,1-3H3,(H,26,28)/t16-/m0/s1. The monoisotopic (exact) mass is 423 g/mol. The zero-order valence-electron chi connectivity index (χ0n) is 17.9. The fourth-order valence-electron chi connectivity index (χ4n) is 3.75. The van der Waals surface area contributed by atoms with E-state index in [-0.39, 0.29) is 17.8 Å². The lowest BCUT2D eigenvalue weighted by Gasteiger charge is -2.33. The van der Waals surface area contributed by atoms with Crippen LogP contribution in [0.15, 0.2) is 42.7 Å². The van der Waals surface area contributed by atoms with Gasteiger partial charge in [0.05, 0.1) is 17.6 Å². The molecule has 3 aromatic rings. The first kappa shape index (κ1) is 21.0. The molecule has 1 aliphatic rings. The van der Waals surface area contributed by atoms with Gasteiger partial charge in [0, 0.05) is 36.3 Å². The molecular weight excluding hydrogens is 397 g/mol. The van der Waals surface area contributed by atoms with Crippen molar-refractivity contribution in [3.8, 4) is 22.5 Å². The van der Waals surface area contributed by atoms with Crippen LogP contribution in [-0.2, 0) is 4.74 Å². The second-order valence-corrected chi connectivity index (χ2v) is 8.73. The maximum Gasteiger partial charge on any atom is 0.410 e. The number of carbonyl (C=O) groups is 1. The van der Waals surface area contributed by atoms with Gasteiger partial charge in [-0.05, 0) is 51.8 Å². The number of rotatable bonds is 3. The zero-order chi connectivity index (χ0) is 22.0. The number of piperidine rings is 1. The first-order chi connectivity index (χ1) is 14.8. The van der Waals surface area contributed by atoms with Crippen LogP contribution in [0.5, 0.6) is 0 Å². The quantitative estimate of drug-likeness (QED) is 0.655. The SMILES string of the molecule is CC(C)(C)OC(=O)N1CCC[C@H](c2nccc(-c3cn[nH]c3-c3cccc(F)c3)n2)C1. The van der Waals surface area contributed by atoms with E-state index < -0.39 is 5.60 Å². The Bertz CT molecular complexity index is 1080. The molecule has 0 spiro atoms.